The second-order valence-corrected chi connectivity index (χ2v) is 2.36. The number of aromatic nitrogens is 2. The molecule has 0 unspecified atom stereocenters. The lowest BCUT2D eigenvalue weighted by molar-refractivity contribution is 0.402. The lowest BCUT2D eigenvalue weighted by atomic mass is 10.2. The molecule has 0 bridgehead atoms. The molecule has 0 aliphatic heterocycles. The van der Waals surface area contributed by atoms with Crippen molar-refractivity contribution in [1.82, 2.24) is 10.1 Å². The van der Waals surface area contributed by atoms with Crippen LogP contribution < -0.4 is 0 Å². The number of nitrogens with zero attached hydrogens (tertiary/aromatic N) is 2. The molecule has 1 rings (SSSR count). The minimum Gasteiger partial charge on any atom is -0.335 e. The zero-order valence-corrected chi connectivity index (χ0v) is 6.71. The van der Waals surface area contributed by atoms with Gasteiger partial charge in [0, 0.05) is 6.42 Å². The number of hydrogen-bond donors (Lipinski definition) is 0. The standard InChI is InChI=1S/C8H12N2O/c1-3-5-6-7-9-8(4-2)11-10-7/h4H,2-3,5-6H2,1H3. The van der Waals surface area contributed by atoms with Crippen LogP contribution in [0, 0.1) is 0 Å². The van der Waals surface area contributed by atoms with Crippen molar-refractivity contribution < 1.29 is 4.52 Å². The summed E-state index contributed by atoms with van der Waals surface area (Å²) in [5, 5.41) is 3.77. The van der Waals surface area contributed by atoms with Crippen LogP contribution >= 0.6 is 0 Å². The SMILES string of the molecule is C=Cc1nc(CCCC)no1. The highest BCUT2D eigenvalue weighted by Crippen LogP contribution is 2.02. The fraction of sp³-hybridized carbons (Fsp3) is 0.500. The van der Waals surface area contributed by atoms with E-state index in [0.29, 0.717) is 5.89 Å². The van der Waals surface area contributed by atoms with E-state index in [2.05, 4.69) is 23.6 Å². The van der Waals surface area contributed by atoms with E-state index >= 15 is 0 Å². The third-order valence-corrected chi connectivity index (χ3v) is 1.41. The highest BCUT2D eigenvalue weighted by Gasteiger charge is 2.00. The number of unbranched alkanes of at least 4 members (excludes halogenated alkanes) is 1. The van der Waals surface area contributed by atoms with Gasteiger partial charge in [-0.15, -0.1) is 0 Å². The van der Waals surface area contributed by atoms with Gasteiger partial charge in [-0.1, -0.05) is 25.1 Å². The molecule has 3 nitrogen and oxygen atoms in total. The van der Waals surface area contributed by atoms with Crippen molar-refractivity contribution in [2.24, 2.45) is 0 Å². The van der Waals surface area contributed by atoms with Crippen LogP contribution in [-0.4, -0.2) is 10.1 Å². The van der Waals surface area contributed by atoms with Crippen molar-refractivity contribution in [1.29, 1.82) is 0 Å². The lowest BCUT2D eigenvalue weighted by Crippen LogP contribution is -1.86. The van der Waals surface area contributed by atoms with Crippen LogP contribution in [0.5, 0.6) is 0 Å². The molecule has 0 radical (unpaired) electrons. The molecule has 0 fully saturated rings. The van der Waals surface area contributed by atoms with Gasteiger partial charge in [-0.3, -0.25) is 0 Å². The summed E-state index contributed by atoms with van der Waals surface area (Å²) in [6.45, 7) is 5.66. The molecule has 11 heavy (non-hydrogen) atoms. The second-order valence-electron chi connectivity index (χ2n) is 2.36. The molecule has 60 valence electrons. The summed E-state index contributed by atoms with van der Waals surface area (Å²) in [6.07, 6.45) is 4.71. The van der Waals surface area contributed by atoms with E-state index in [9.17, 15) is 0 Å². The first-order valence-corrected chi connectivity index (χ1v) is 3.82. The van der Waals surface area contributed by atoms with Crippen LogP contribution in [0.1, 0.15) is 31.5 Å². The minimum atomic E-state index is 0.510. The Labute approximate surface area is 66.1 Å². The summed E-state index contributed by atoms with van der Waals surface area (Å²) < 4.78 is 4.83. The van der Waals surface area contributed by atoms with Crippen LogP contribution in [0.25, 0.3) is 6.08 Å². The molecule has 0 aliphatic carbocycles. The van der Waals surface area contributed by atoms with E-state index in [1.165, 1.54) is 0 Å². The maximum absolute atomic E-state index is 4.83. The summed E-state index contributed by atoms with van der Waals surface area (Å²) in [5.74, 6) is 1.29. The number of rotatable bonds is 4. The van der Waals surface area contributed by atoms with Gasteiger partial charge in [0.15, 0.2) is 5.82 Å². The van der Waals surface area contributed by atoms with Gasteiger partial charge >= 0.3 is 0 Å². The Balaban J connectivity index is 2.51. The number of aryl methyl sites for hydroxylation is 1. The Morgan fingerprint density at radius 2 is 2.45 bits per heavy atom. The zero-order valence-electron chi connectivity index (χ0n) is 6.71. The average molecular weight is 152 g/mol. The molecule has 0 spiro atoms. The van der Waals surface area contributed by atoms with Crippen molar-refractivity contribution >= 4 is 6.08 Å². The molecule has 1 aromatic heterocycles. The first-order valence-electron chi connectivity index (χ1n) is 3.82. The van der Waals surface area contributed by atoms with Crippen LogP contribution in [0.2, 0.25) is 0 Å². The molecule has 1 aromatic rings. The van der Waals surface area contributed by atoms with Gasteiger partial charge in [0.05, 0.1) is 0 Å². The topological polar surface area (TPSA) is 38.9 Å². The molecule has 3 heteroatoms. The summed E-state index contributed by atoms with van der Waals surface area (Å²) in [5.41, 5.74) is 0. The minimum absolute atomic E-state index is 0.510. The molecule has 0 saturated heterocycles. The molecule has 1 heterocycles. The van der Waals surface area contributed by atoms with Crippen molar-refractivity contribution in [3.05, 3.63) is 18.3 Å². The van der Waals surface area contributed by atoms with Gasteiger partial charge < -0.3 is 4.52 Å². The molecule has 0 atom stereocenters. The van der Waals surface area contributed by atoms with Gasteiger partial charge in [0.2, 0.25) is 5.89 Å². The molecular formula is C8H12N2O. The van der Waals surface area contributed by atoms with E-state index in [1.807, 2.05) is 0 Å². The van der Waals surface area contributed by atoms with E-state index in [-0.39, 0.29) is 0 Å². The Hall–Kier alpha value is -1.12. The van der Waals surface area contributed by atoms with Gasteiger partial charge in [-0.25, -0.2) is 0 Å². The molecule has 0 amide bonds. The fourth-order valence-corrected chi connectivity index (χ4v) is 0.787. The van der Waals surface area contributed by atoms with Crippen molar-refractivity contribution in [2.75, 3.05) is 0 Å². The lowest BCUT2D eigenvalue weighted by Gasteiger charge is -1.86. The van der Waals surface area contributed by atoms with Crippen LogP contribution in [0.15, 0.2) is 11.1 Å². The largest absolute Gasteiger partial charge is 0.335 e. The average Bonchev–Trinajstić information content (AvgIpc) is 2.48. The Kier molecular flexibility index (Phi) is 2.83. The number of hydrogen-bond acceptors (Lipinski definition) is 3. The second kappa shape index (κ2) is 3.91. The molecule has 0 aliphatic rings. The summed E-state index contributed by atoms with van der Waals surface area (Å²) in [6, 6.07) is 0. The van der Waals surface area contributed by atoms with Crippen molar-refractivity contribution in [3.8, 4) is 0 Å². The zero-order chi connectivity index (χ0) is 8.10. The predicted molar refractivity (Wildman–Crippen MR) is 43.0 cm³/mol. The first kappa shape index (κ1) is 7.98. The fourth-order valence-electron chi connectivity index (χ4n) is 0.787. The molecule has 0 saturated carbocycles. The van der Waals surface area contributed by atoms with Crippen molar-refractivity contribution in [2.45, 2.75) is 26.2 Å². The van der Waals surface area contributed by atoms with Crippen LogP contribution in [0.3, 0.4) is 0 Å². The van der Waals surface area contributed by atoms with Gasteiger partial charge in [-0.2, -0.15) is 4.98 Å². The van der Waals surface area contributed by atoms with Crippen molar-refractivity contribution in [3.63, 3.8) is 0 Å². The van der Waals surface area contributed by atoms with Crippen LogP contribution in [-0.2, 0) is 6.42 Å². The van der Waals surface area contributed by atoms with E-state index < -0.39 is 0 Å². The Bertz CT molecular complexity index is 230. The van der Waals surface area contributed by atoms with Crippen LogP contribution in [0.4, 0.5) is 0 Å². The summed E-state index contributed by atoms with van der Waals surface area (Å²) in [4.78, 5) is 4.07. The molecule has 0 N–H and O–H groups in total. The van der Waals surface area contributed by atoms with Gasteiger partial charge in [-0.05, 0) is 12.5 Å². The molecule has 0 aromatic carbocycles. The maximum Gasteiger partial charge on any atom is 0.250 e. The van der Waals surface area contributed by atoms with E-state index in [0.717, 1.165) is 25.1 Å². The quantitative estimate of drug-likeness (QED) is 0.662. The highest BCUT2D eigenvalue weighted by molar-refractivity contribution is 5.32. The first-order chi connectivity index (χ1) is 5.36. The smallest absolute Gasteiger partial charge is 0.250 e. The predicted octanol–water partition coefficient (Wildman–Crippen LogP) is 2.06. The Morgan fingerprint density at radius 3 is 3.00 bits per heavy atom. The highest BCUT2D eigenvalue weighted by atomic mass is 16.5. The van der Waals surface area contributed by atoms with E-state index in [1.54, 1.807) is 6.08 Å². The maximum atomic E-state index is 4.83. The monoisotopic (exact) mass is 152 g/mol. The normalized spacial score (nSPS) is 9.91. The summed E-state index contributed by atoms with van der Waals surface area (Å²) in [7, 11) is 0. The third-order valence-electron chi connectivity index (χ3n) is 1.41. The van der Waals surface area contributed by atoms with E-state index in [4.69, 9.17) is 4.52 Å². The molecular weight excluding hydrogens is 140 g/mol. The van der Waals surface area contributed by atoms with Gasteiger partial charge in [0.1, 0.15) is 0 Å². The van der Waals surface area contributed by atoms with Gasteiger partial charge in [0.25, 0.3) is 0 Å². The Morgan fingerprint density at radius 1 is 1.64 bits per heavy atom. The third kappa shape index (κ3) is 2.18. The summed E-state index contributed by atoms with van der Waals surface area (Å²) >= 11 is 0.